The minimum Gasteiger partial charge on any atom is -0.491 e. The predicted octanol–water partition coefficient (Wildman–Crippen LogP) is 3.68. The molecule has 1 saturated heterocycles. The Labute approximate surface area is 167 Å². The van der Waals surface area contributed by atoms with Gasteiger partial charge in [-0.15, -0.1) is 0 Å². The molecule has 1 heterocycles. The monoisotopic (exact) mass is 386 g/mol. The number of rotatable bonds is 9. The zero-order chi connectivity index (χ0) is 19.8. The molecule has 2 aromatic rings. The second-order valence-corrected chi connectivity index (χ2v) is 7.77. The van der Waals surface area contributed by atoms with E-state index in [2.05, 4.69) is 9.80 Å². The van der Waals surface area contributed by atoms with E-state index >= 15 is 0 Å². The standard InChI is InChI=1S/C23H31FN2O2/c1-25(15-19-5-9-21(24)10-6-19)16-20-7-11-23(12-8-20)28-18-22(27)17-26-13-3-2-4-14-26/h5-12,22,27H,2-4,13-18H2,1H3. The molecule has 0 amide bonds. The summed E-state index contributed by atoms with van der Waals surface area (Å²) >= 11 is 0. The molecule has 1 atom stereocenters. The van der Waals surface area contributed by atoms with Crippen LogP contribution in [0.15, 0.2) is 48.5 Å². The van der Waals surface area contributed by atoms with Gasteiger partial charge in [-0.2, -0.15) is 0 Å². The third-order valence-corrected chi connectivity index (χ3v) is 5.10. The van der Waals surface area contributed by atoms with Gasteiger partial charge in [0.2, 0.25) is 0 Å². The SMILES string of the molecule is CN(Cc1ccc(F)cc1)Cc1ccc(OCC(O)CN2CCCCC2)cc1. The smallest absolute Gasteiger partial charge is 0.123 e. The molecule has 1 fully saturated rings. The Balaban J connectivity index is 1.40. The summed E-state index contributed by atoms with van der Waals surface area (Å²) in [6.45, 7) is 4.73. The molecule has 1 aliphatic rings. The van der Waals surface area contributed by atoms with Crippen LogP contribution in [-0.2, 0) is 13.1 Å². The topological polar surface area (TPSA) is 35.9 Å². The van der Waals surface area contributed by atoms with Gasteiger partial charge >= 0.3 is 0 Å². The predicted molar refractivity (Wildman–Crippen MR) is 110 cm³/mol. The van der Waals surface area contributed by atoms with Crippen LogP contribution in [0, 0.1) is 5.82 Å². The molecular formula is C23H31FN2O2. The van der Waals surface area contributed by atoms with Crippen LogP contribution in [0.5, 0.6) is 5.75 Å². The lowest BCUT2D eigenvalue weighted by molar-refractivity contribution is 0.0617. The first kappa shape index (κ1) is 20.8. The minimum absolute atomic E-state index is 0.206. The molecule has 4 nitrogen and oxygen atoms in total. The summed E-state index contributed by atoms with van der Waals surface area (Å²) in [6, 6.07) is 14.6. The number of hydrogen-bond acceptors (Lipinski definition) is 4. The normalized spacial score (nSPS) is 16.3. The van der Waals surface area contributed by atoms with Crippen molar-refractivity contribution in [3.8, 4) is 5.75 Å². The van der Waals surface area contributed by atoms with Crippen molar-refractivity contribution in [2.24, 2.45) is 0 Å². The van der Waals surface area contributed by atoms with Crippen LogP contribution in [-0.4, -0.2) is 54.3 Å². The Kier molecular flexibility index (Phi) is 7.83. The molecule has 0 spiro atoms. The van der Waals surface area contributed by atoms with Gasteiger partial charge in [0.15, 0.2) is 0 Å². The quantitative estimate of drug-likeness (QED) is 0.713. The van der Waals surface area contributed by atoms with Crippen molar-refractivity contribution in [3.63, 3.8) is 0 Å². The number of β-amino-alcohol motifs (C(OH)–C–C–N with tert-alkyl or cyclic N) is 1. The van der Waals surface area contributed by atoms with Crippen LogP contribution in [0.25, 0.3) is 0 Å². The maximum Gasteiger partial charge on any atom is 0.123 e. The van der Waals surface area contributed by atoms with Crippen LogP contribution >= 0.6 is 0 Å². The molecule has 152 valence electrons. The summed E-state index contributed by atoms with van der Waals surface area (Å²) in [4.78, 5) is 4.50. The van der Waals surface area contributed by atoms with Crippen LogP contribution in [0.4, 0.5) is 4.39 Å². The van der Waals surface area contributed by atoms with E-state index in [9.17, 15) is 9.50 Å². The molecule has 0 saturated carbocycles. The highest BCUT2D eigenvalue weighted by Gasteiger charge is 2.15. The van der Waals surface area contributed by atoms with Crippen molar-refractivity contribution >= 4 is 0 Å². The van der Waals surface area contributed by atoms with Gasteiger partial charge in [0.05, 0.1) is 0 Å². The summed E-state index contributed by atoms with van der Waals surface area (Å²) in [5.74, 6) is 0.575. The van der Waals surface area contributed by atoms with Gasteiger partial charge in [-0.1, -0.05) is 30.7 Å². The summed E-state index contributed by atoms with van der Waals surface area (Å²) in [6.07, 6.45) is 3.30. The van der Waals surface area contributed by atoms with Crippen LogP contribution in [0.2, 0.25) is 0 Å². The first-order valence-electron chi connectivity index (χ1n) is 10.1. The van der Waals surface area contributed by atoms with E-state index in [1.54, 1.807) is 0 Å². The molecule has 2 aromatic carbocycles. The van der Waals surface area contributed by atoms with Crippen LogP contribution in [0.1, 0.15) is 30.4 Å². The molecule has 1 N–H and O–H groups in total. The fourth-order valence-electron chi connectivity index (χ4n) is 3.65. The second-order valence-electron chi connectivity index (χ2n) is 7.77. The number of likely N-dealkylation sites (tertiary alicyclic amines) is 1. The van der Waals surface area contributed by atoms with E-state index in [0.717, 1.165) is 37.5 Å². The Morgan fingerprint density at radius 2 is 1.54 bits per heavy atom. The zero-order valence-corrected chi connectivity index (χ0v) is 16.7. The third kappa shape index (κ3) is 6.89. The highest BCUT2D eigenvalue weighted by Crippen LogP contribution is 2.15. The molecule has 0 radical (unpaired) electrons. The number of aliphatic hydroxyl groups is 1. The summed E-state index contributed by atoms with van der Waals surface area (Å²) in [5.41, 5.74) is 2.28. The lowest BCUT2D eigenvalue weighted by atomic mass is 10.1. The van der Waals surface area contributed by atoms with Gasteiger partial charge in [0, 0.05) is 19.6 Å². The summed E-state index contributed by atoms with van der Waals surface area (Å²) < 4.78 is 18.7. The molecule has 1 aliphatic heterocycles. The summed E-state index contributed by atoms with van der Waals surface area (Å²) in [7, 11) is 2.05. The fourth-order valence-corrected chi connectivity index (χ4v) is 3.65. The largest absolute Gasteiger partial charge is 0.491 e. The minimum atomic E-state index is -0.459. The Morgan fingerprint density at radius 3 is 2.14 bits per heavy atom. The van der Waals surface area contributed by atoms with Gasteiger partial charge in [-0.25, -0.2) is 4.39 Å². The highest BCUT2D eigenvalue weighted by atomic mass is 19.1. The zero-order valence-electron chi connectivity index (χ0n) is 16.7. The van der Waals surface area contributed by atoms with Crippen molar-refractivity contribution in [2.45, 2.75) is 38.5 Å². The van der Waals surface area contributed by atoms with Gasteiger partial charge < -0.3 is 14.7 Å². The van der Waals surface area contributed by atoms with Gasteiger partial charge in [0.1, 0.15) is 24.3 Å². The average Bonchev–Trinajstić information content (AvgIpc) is 2.70. The number of aliphatic hydroxyl groups excluding tert-OH is 1. The molecule has 0 aromatic heterocycles. The molecule has 3 rings (SSSR count). The van der Waals surface area contributed by atoms with Crippen molar-refractivity contribution in [2.75, 3.05) is 33.3 Å². The van der Waals surface area contributed by atoms with E-state index in [4.69, 9.17) is 4.74 Å². The van der Waals surface area contributed by atoms with Crippen molar-refractivity contribution in [1.29, 1.82) is 0 Å². The fraction of sp³-hybridized carbons (Fsp3) is 0.478. The first-order valence-corrected chi connectivity index (χ1v) is 10.1. The summed E-state index contributed by atoms with van der Waals surface area (Å²) in [5, 5.41) is 10.2. The number of benzene rings is 2. The molecule has 1 unspecified atom stereocenters. The lowest BCUT2D eigenvalue weighted by Crippen LogP contribution is -2.38. The molecule has 28 heavy (non-hydrogen) atoms. The van der Waals surface area contributed by atoms with Crippen LogP contribution < -0.4 is 4.74 Å². The highest BCUT2D eigenvalue weighted by molar-refractivity contribution is 5.27. The van der Waals surface area contributed by atoms with E-state index in [0.29, 0.717) is 13.2 Å². The average molecular weight is 387 g/mol. The van der Waals surface area contributed by atoms with Crippen LogP contribution in [0.3, 0.4) is 0 Å². The third-order valence-electron chi connectivity index (χ3n) is 5.10. The van der Waals surface area contributed by atoms with Crippen molar-refractivity contribution in [3.05, 3.63) is 65.5 Å². The Hall–Kier alpha value is -1.95. The lowest BCUT2D eigenvalue weighted by Gasteiger charge is -2.28. The Bertz CT molecular complexity index is 700. The second kappa shape index (κ2) is 10.6. The maximum atomic E-state index is 13.0. The van der Waals surface area contributed by atoms with Crippen molar-refractivity contribution < 1.29 is 14.2 Å². The number of piperidine rings is 1. The van der Waals surface area contributed by atoms with Gasteiger partial charge in [-0.3, -0.25) is 4.90 Å². The molecule has 5 heteroatoms. The Morgan fingerprint density at radius 1 is 0.964 bits per heavy atom. The van der Waals surface area contributed by atoms with Gasteiger partial charge in [-0.05, 0) is 68.4 Å². The molecule has 0 aliphatic carbocycles. The van der Waals surface area contributed by atoms with Gasteiger partial charge in [0.25, 0.3) is 0 Å². The molecule has 0 bridgehead atoms. The molecular weight excluding hydrogens is 355 g/mol. The first-order chi connectivity index (χ1) is 13.6. The number of hydrogen-bond donors (Lipinski definition) is 1. The van der Waals surface area contributed by atoms with E-state index in [-0.39, 0.29) is 5.82 Å². The maximum absolute atomic E-state index is 13.0. The number of nitrogens with zero attached hydrogens (tertiary/aromatic N) is 2. The number of halogens is 1. The van der Waals surface area contributed by atoms with E-state index < -0.39 is 6.10 Å². The van der Waals surface area contributed by atoms with Crippen molar-refractivity contribution in [1.82, 2.24) is 9.80 Å². The van der Waals surface area contributed by atoms with E-state index in [1.165, 1.54) is 37.0 Å². The van der Waals surface area contributed by atoms with E-state index in [1.807, 2.05) is 43.4 Å². The number of ether oxygens (including phenoxy) is 1.